The Kier molecular flexibility index (Phi) is 148. The van der Waals surface area contributed by atoms with Crippen LogP contribution >= 0.6 is 0 Å². The molecule has 0 aliphatic carbocycles. The van der Waals surface area contributed by atoms with E-state index in [4.69, 9.17) is 4.21 Å². The molecule has 0 amide bonds. The van der Waals surface area contributed by atoms with Gasteiger partial charge in [0.15, 0.2) is 12.5 Å². The topological polar surface area (TPSA) is 17.1 Å². The summed E-state index contributed by atoms with van der Waals surface area (Å²) in [6.45, 7) is 0. The predicted octanol–water partition coefficient (Wildman–Crippen LogP) is -1.10. The van der Waals surface area contributed by atoms with Crippen molar-refractivity contribution in [3.63, 3.8) is 0 Å². The summed E-state index contributed by atoms with van der Waals surface area (Å²) < 4.78 is 7.83. The molecule has 0 aliphatic heterocycles. The molecule has 0 unspecified atom stereocenters. The third kappa shape index (κ3) is 11.0. The largest absolute Gasteiger partial charge is 0.197 e. The Balaban J connectivity index is -0.00000000500. The summed E-state index contributed by atoms with van der Waals surface area (Å²) in [5, 5.41) is 0. The number of rotatable bonds is 0. The molecule has 0 saturated carbocycles. The van der Waals surface area contributed by atoms with E-state index in [1.54, 1.807) is 0 Å². The second-order valence-corrected chi connectivity index (χ2v) is 0. The minimum absolute atomic E-state index is 0. The van der Waals surface area contributed by atoms with E-state index in [0.29, 0.717) is 0 Å². The maximum absolute atomic E-state index is 7.83. The van der Waals surface area contributed by atoms with Crippen LogP contribution in [0.4, 0.5) is 0 Å². The van der Waals surface area contributed by atoms with E-state index in [2.05, 4.69) is 12.5 Å². The Morgan fingerprint density at radius 1 is 1.25 bits per heavy atom. The molecule has 0 bridgehead atoms. The zero-order chi connectivity index (χ0) is 2.00. The Morgan fingerprint density at radius 2 is 1.25 bits per heavy atom. The summed E-state index contributed by atoms with van der Waals surface area (Å²) in [4.78, 5) is 0. The van der Waals surface area contributed by atoms with Crippen LogP contribution in [0.15, 0.2) is 0 Å². The quantitative estimate of drug-likeness (QED) is 0.385. The van der Waals surface area contributed by atoms with Crippen molar-refractivity contribution in [1.29, 1.82) is 0 Å². The second-order valence-electron chi connectivity index (χ2n) is 0. The van der Waals surface area contributed by atoms with Crippen molar-refractivity contribution in [3.8, 4) is 0 Å². The van der Waals surface area contributed by atoms with Crippen molar-refractivity contribution >= 4 is 49.0 Å². The van der Waals surface area contributed by atoms with E-state index in [1.807, 2.05) is 0 Å². The molecule has 4 heteroatoms. The van der Waals surface area contributed by atoms with Crippen molar-refractivity contribution < 1.29 is 4.21 Å². The van der Waals surface area contributed by atoms with Gasteiger partial charge in [0.05, 0.1) is 0 Å². The molecule has 0 spiro atoms. The molecular formula is GeLiOS. The zero-order valence-corrected chi connectivity index (χ0v) is 5.23. The summed E-state index contributed by atoms with van der Waals surface area (Å²) in [6.07, 6.45) is 0. The summed E-state index contributed by atoms with van der Waals surface area (Å²) in [5.41, 5.74) is 0. The maximum Gasteiger partial charge on any atom is 0.197 e. The summed E-state index contributed by atoms with van der Waals surface area (Å²) >= 11 is 2.83. The Labute approximate surface area is 53.2 Å². The first-order chi connectivity index (χ1) is 1.00. The van der Waals surface area contributed by atoms with E-state index < -0.39 is 0 Å². The summed E-state index contributed by atoms with van der Waals surface area (Å²) in [5.74, 6) is 0. The van der Waals surface area contributed by atoms with Crippen LogP contribution in [-0.2, 0) is 12.5 Å². The van der Waals surface area contributed by atoms with Gasteiger partial charge in [-0.1, -0.05) is 0 Å². The molecule has 0 atom stereocenters. The van der Waals surface area contributed by atoms with Crippen LogP contribution in [0.2, 0.25) is 0 Å². The van der Waals surface area contributed by atoms with Crippen LogP contribution in [0.25, 0.3) is 0 Å². The van der Waals surface area contributed by atoms with Crippen LogP contribution in [0.1, 0.15) is 0 Å². The summed E-state index contributed by atoms with van der Waals surface area (Å²) in [6, 6.07) is 0. The van der Waals surface area contributed by atoms with Gasteiger partial charge < -0.3 is 0 Å². The first-order valence-corrected chi connectivity index (χ1v) is 0.500. The van der Waals surface area contributed by atoms with Gasteiger partial charge in [0, 0.05) is 36.5 Å². The fourth-order valence-corrected chi connectivity index (χ4v) is 0. The standard InChI is InChI=1S/Ge.Li.OS/c;;1-2. The zero-order valence-electron chi connectivity index (χ0n) is 2.32. The summed E-state index contributed by atoms with van der Waals surface area (Å²) in [7, 11) is 0. The normalized spacial score (nSPS) is 1.00. The minimum atomic E-state index is 0. The van der Waals surface area contributed by atoms with Crippen molar-refractivity contribution in [1.82, 2.24) is 0 Å². The van der Waals surface area contributed by atoms with Gasteiger partial charge in [0.25, 0.3) is 0 Å². The molecule has 0 fully saturated rings. The Bertz CT molecular complexity index is 8.00. The first-order valence-electron chi connectivity index (χ1n) is 0.167. The molecule has 0 aromatic rings. The Morgan fingerprint density at radius 3 is 1.25 bits per heavy atom. The van der Waals surface area contributed by atoms with Crippen LogP contribution < -0.4 is 0 Å². The smallest absolute Gasteiger partial charge is 0.197 e. The van der Waals surface area contributed by atoms with Crippen LogP contribution in [-0.4, -0.2) is 40.7 Å². The number of hydrogen-bond donors (Lipinski definition) is 0. The van der Waals surface area contributed by atoms with Gasteiger partial charge in [-0.05, 0) is 0 Å². The van der Waals surface area contributed by atoms with Crippen LogP contribution in [0.3, 0.4) is 0 Å². The second kappa shape index (κ2) is 30.9. The minimum Gasteiger partial charge on any atom is -0.197 e. The van der Waals surface area contributed by atoms with Gasteiger partial charge in [-0.3, -0.25) is 0 Å². The van der Waals surface area contributed by atoms with E-state index in [9.17, 15) is 0 Å². The SMILES string of the molecule is O=S.[Ge].[Li]. The molecule has 4 heavy (non-hydrogen) atoms. The van der Waals surface area contributed by atoms with Crippen molar-refractivity contribution in [3.05, 3.63) is 0 Å². The molecule has 0 aromatic heterocycles. The molecule has 0 saturated heterocycles. The van der Waals surface area contributed by atoms with Crippen LogP contribution in [0.5, 0.6) is 0 Å². The fourth-order valence-electron chi connectivity index (χ4n) is 0. The van der Waals surface area contributed by atoms with Gasteiger partial charge >= 0.3 is 0 Å². The maximum atomic E-state index is 7.83. The van der Waals surface area contributed by atoms with Gasteiger partial charge in [-0.25, -0.2) is 0 Å². The predicted molar refractivity (Wildman–Crippen MR) is 19.7 cm³/mol. The van der Waals surface area contributed by atoms with Gasteiger partial charge in [-0.15, -0.1) is 0 Å². The molecular weight excluding hydrogens is 128 g/mol. The van der Waals surface area contributed by atoms with E-state index in [0.717, 1.165) is 0 Å². The van der Waals surface area contributed by atoms with E-state index >= 15 is 0 Å². The van der Waals surface area contributed by atoms with Crippen molar-refractivity contribution in [2.24, 2.45) is 0 Å². The molecule has 5 radical (unpaired) electrons. The van der Waals surface area contributed by atoms with Gasteiger partial charge in [0.2, 0.25) is 0 Å². The van der Waals surface area contributed by atoms with Crippen LogP contribution in [0, 0.1) is 0 Å². The van der Waals surface area contributed by atoms with E-state index in [-0.39, 0.29) is 36.5 Å². The molecule has 0 heterocycles. The molecule has 0 N–H and O–H groups in total. The molecule has 0 rings (SSSR count). The molecule has 1 nitrogen and oxygen atoms in total. The molecule has 17 valence electrons. The average molecular weight is 128 g/mol. The molecule has 0 aromatic carbocycles. The monoisotopic (exact) mass is 129 g/mol. The third-order valence-electron chi connectivity index (χ3n) is 0. The Hall–Kier alpha value is 1.16. The van der Waals surface area contributed by atoms with Gasteiger partial charge in [0.1, 0.15) is 0 Å². The molecule has 0 aliphatic rings. The van der Waals surface area contributed by atoms with Crippen molar-refractivity contribution in [2.45, 2.75) is 0 Å². The fraction of sp³-hybridized carbons (Fsp3) is 0. The third-order valence-corrected chi connectivity index (χ3v) is 0. The van der Waals surface area contributed by atoms with E-state index in [1.165, 1.54) is 0 Å². The van der Waals surface area contributed by atoms with Gasteiger partial charge in [-0.2, -0.15) is 4.21 Å². The average Bonchev–Trinajstić information content (AvgIpc) is 1.00. The first kappa shape index (κ1) is 19.1. The van der Waals surface area contributed by atoms with Crippen molar-refractivity contribution in [2.75, 3.05) is 0 Å². The number of hydrogen-bond acceptors (Lipinski definition) is 2.